The van der Waals surface area contributed by atoms with Crippen molar-refractivity contribution in [1.29, 1.82) is 0 Å². The summed E-state index contributed by atoms with van der Waals surface area (Å²) in [5.74, 6) is 1.37. The number of rotatable bonds is 9. The summed E-state index contributed by atoms with van der Waals surface area (Å²) in [6.07, 6.45) is -1.29. The minimum atomic E-state index is -4.13. The first-order valence-electron chi connectivity index (χ1n) is 7.86. The maximum atomic E-state index is 12.2. The highest BCUT2D eigenvalue weighted by atomic mass is 127. The average molecular weight is 452 g/mol. The van der Waals surface area contributed by atoms with Crippen LogP contribution >= 0.6 is 24.0 Å². The second-order valence-corrected chi connectivity index (χ2v) is 6.22. The smallest absolute Gasteiger partial charge is 0.356 e. The summed E-state index contributed by atoms with van der Waals surface area (Å²) in [6.45, 7) is 6.61. The van der Waals surface area contributed by atoms with Crippen LogP contribution < -0.4 is 10.6 Å². The first-order valence-corrected chi connectivity index (χ1v) is 7.86. The lowest BCUT2D eigenvalue weighted by Crippen LogP contribution is -2.43. The molecule has 0 aromatic rings. The lowest BCUT2D eigenvalue weighted by atomic mass is 10.0. The molecule has 1 atom stereocenters. The molecule has 0 saturated heterocycles. The van der Waals surface area contributed by atoms with Crippen molar-refractivity contribution in [2.24, 2.45) is 10.9 Å². The van der Waals surface area contributed by atoms with Gasteiger partial charge in [0.05, 0.1) is 6.54 Å². The summed E-state index contributed by atoms with van der Waals surface area (Å²) in [7, 11) is 3.18. The molecule has 0 fully saturated rings. The van der Waals surface area contributed by atoms with E-state index in [0.717, 1.165) is 12.8 Å². The molecule has 8 heteroatoms. The van der Waals surface area contributed by atoms with Crippen LogP contribution in [0.4, 0.5) is 13.2 Å². The second kappa shape index (κ2) is 13.1. The van der Waals surface area contributed by atoms with E-state index in [9.17, 15) is 13.2 Å². The fraction of sp³-hybridized carbons (Fsp3) is 0.933. The van der Waals surface area contributed by atoms with E-state index in [4.69, 9.17) is 0 Å². The topological polar surface area (TPSA) is 39.7 Å². The molecule has 0 saturated carbocycles. The van der Waals surface area contributed by atoms with Gasteiger partial charge in [0.2, 0.25) is 0 Å². The van der Waals surface area contributed by atoms with Gasteiger partial charge in [-0.3, -0.25) is 9.89 Å². The molecule has 0 rings (SSSR count). The summed E-state index contributed by atoms with van der Waals surface area (Å²) in [5, 5.41) is 6.43. The highest BCUT2D eigenvalue weighted by molar-refractivity contribution is 14.0. The molecule has 140 valence electrons. The molecule has 0 radical (unpaired) electrons. The van der Waals surface area contributed by atoms with Crippen molar-refractivity contribution in [2.75, 3.05) is 33.7 Å². The predicted molar refractivity (Wildman–Crippen MR) is 102 cm³/mol. The standard InChI is InChI=1S/C15H31F3N4.HI/c1-12(2)7-8-13(3)21-14(19-4)20-9-6-10-22(5)11-15(16,17)18;/h12-13H,6-11H2,1-5H3,(H2,19,20,21);1H. The Morgan fingerprint density at radius 3 is 2.26 bits per heavy atom. The molecule has 0 spiro atoms. The molecule has 0 aromatic heterocycles. The van der Waals surface area contributed by atoms with E-state index in [0.29, 0.717) is 37.4 Å². The van der Waals surface area contributed by atoms with Crippen molar-refractivity contribution in [3.05, 3.63) is 0 Å². The van der Waals surface area contributed by atoms with Crippen LogP contribution in [0.2, 0.25) is 0 Å². The Balaban J connectivity index is 0. The zero-order valence-corrected chi connectivity index (χ0v) is 17.2. The van der Waals surface area contributed by atoms with Crippen molar-refractivity contribution in [1.82, 2.24) is 15.5 Å². The van der Waals surface area contributed by atoms with Gasteiger partial charge in [0.15, 0.2) is 5.96 Å². The molecule has 0 bridgehead atoms. The SMILES string of the molecule is CN=C(NCCCN(C)CC(F)(F)F)NC(C)CCC(C)C.I. The molecule has 4 nitrogen and oxygen atoms in total. The number of hydrogen-bond acceptors (Lipinski definition) is 2. The minimum Gasteiger partial charge on any atom is -0.356 e. The molecule has 0 aliphatic carbocycles. The average Bonchev–Trinajstić information content (AvgIpc) is 2.37. The fourth-order valence-electron chi connectivity index (χ4n) is 2.02. The Kier molecular flexibility index (Phi) is 14.2. The van der Waals surface area contributed by atoms with E-state index in [1.165, 1.54) is 11.9 Å². The van der Waals surface area contributed by atoms with Crippen LogP contribution in [0.5, 0.6) is 0 Å². The first kappa shape index (κ1) is 25.0. The largest absolute Gasteiger partial charge is 0.401 e. The third-order valence-electron chi connectivity index (χ3n) is 3.24. The zero-order valence-electron chi connectivity index (χ0n) is 14.8. The molecule has 0 aromatic carbocycles. The second-order valence-electron chi connectivity index (χ2n) is 6.22. The van der Waals surface area contributed by atoms with Crippen molar-refractivity contribution < 1.29 is 13.2 Å². The third kappa shape index (κ3) is 16.4. The van der Waals surface area contributed by atoms with Gasteiger partial charge in [-0.25, -0.2) is 0 Å². The first-order chi connectivity index (χ1) is 10.1. The molecular formula is C15H32F3IN4. The van der Waals surface area contributed by atoms with Crippen LogP contribution in [0.25, 0.3) is 0 Å². The molecule has 0 aliphatic heterocycles. The maximum absolute atomic E-state index is 12.2. The number of alkyl halides is 3. The van der Waals surface area contributed by atoms with Gasteiger partial charge in [-0.05, 0) is 45.7 Å². The maximum Gasteiger partial charge on any atom is 0.401 e. The van der Waals surface area contributed by atoms with Gasteiger partial charge in [-0.1, -0.05) is 13.8 Å². The quantitative estimate of drug-likeness (QED) is 0.244. The molecule has 23 heavy (non-hydrogen) atoms. The van der Waals surface area contributed by atoms with Gasteiger partial charge < -0.3 is 10.6 Å². The van der Waals surface area contributed by atoms with Crippen LogP contribution in [0.3, 0.4) is 0 Å². The Hall–Kier alpha value is -0.250. The monoisotopic (exact) mass is 452 g/mol. The van der Waals surface area contributed by atoms with Crippen LogP contribution in [-0.2, 0) is 0 Å². The van der Waals surface area contributed by atoms with Crippen LogP contribution in [-0.4, -0.2) is 56.8 Å². The Bertz CT molecular complexity index is 322. The lowest BCUT2D eigenvalue weighted by Gasteiger charge is -2.20. The molecule has 0 aliphatic rings. The molecular weight excluding hydrogens is 420 g/mol. The number of nitrogens with one attached hydrogen (secondary N) is 2. The predicted octanol–water partition coefficient (Wildman–Crippen LogP) is 3.48. The zero-order chi connectivity index (χ0) is 17.2. The van der Waals surface area contributed by atoms with E-state index in [1.807, 2.05) is 0 Å². The number of aliphatic imine (C=N–C) groups is 1. The fourth-order valence-corrected chi connectivity index (χ4v) is 2.02. The summed E-state index contributed by atoms with van der Waals surface area (Å²) in [6, 6.07) is 0.321. The summed E-state index contributed by atoms with van der Waals surface area (Å²) < 4.78 is 36.6. The molecule has 1 unspecified atom stereocenters. The van der Waals surface area contributed by atoms with Gasteiger partial charge >= 0.3 is 6.18 Å². The minimum absolute atomic E-state index is 0. The van der Waals surface area contributed by atoms with Crippen LogP contribution in [0.1, 0.15) is 40.0 Å². The number of halogens is 4. The van der Waals surface area contributed by atoms with Gasteiger partial charge in [0.1, 0.15) is 0 Å². The lowest BCUT2D eigenvalue weighted by molar-refractivity contribution is -0.143. The highest BCUT2D eigenvalue weighted by Gasteiger charge is 2.28. The summed E-state index contributed by atoms with van der Waals surface area (Å²) >= 11 is 0. The molecule has 0 heterocycles. The van der Waals surface area contributed by atoms with Crippen LogP contribution in [0, 0.1) is 5.92 Å². The van der Waals surface area contributed by atoms with E-state index >= 15 is 0 Å². The number of hydrogen-bond donors (Lipinski definition) is 2. The highest BCUT2D eigenvalue weighted by Crippen LogP contribution is 2.15. The van der Waals surface area contributed by atoms with Gasteiger partial charge in [0.25, 0.3) is 0 Å². The van der Waals surface area contributed by atoms with Gasteiger partial charge in [0, 0.05) is 19.6 Å². The molecule has 2 N–H and O–H groups in total. The van der Waals surface area contributed by atoms with Crippen molar-refractivity contribution in [3.8, 4) is 0 Å². The van der Waals surface area contributed by atoms with Gasteiger partial charge in [-0.2, -0.15) is 13.2 Å². The van der Waals surface area contributed by atoms with E-state index in [1.54, 1.807) is 7.05 Å². The Morgan fingerprint density at radius 1 is 1.17 bits per heavy atom. The van der Waals surface area contributed by atoms with Crippen molar-refractivity contribution >= 4 is 29.9 Å². The number of guanidine groups is 1. The summed E-state index contributed by atoms with van der Waals surface area (Å²) in [4.78, 5) is 5.41. The van der Waals surface area contributed by atoms with Crippen molar-refractivity contribution in [3.63, 3.8) is 0 Å². The summed E-state index contributed by atoms with van der Waals surface area (Å²) in [5.41, 5.74) is 0. The van der Waals surface area contributed by atoms with Crippen LogP contribution in [0.15, 0.2) is 4.99 Å². The van der Waals surface area contributed by atoms with Crippen molar-refractivity contribution in [2.45, 2.75) is 52.3 Å². The van der Waals surface area contributed by atoms with E-state index < -0.39 is 12.7 Å². The molecule has 0 amide bonds. The number of nitrogens with zero attached hydrogens (tertiary/aromatic N) is 2. The Morgan fingerprint density at radius 2 is 1.78 bits per heavy atom. The van der Waals surface area contributed by atoms with Gasteiger partial charge in [-0.15, -0.1) is 24.0 Å². The Labute approximate surface area is 155 Å². The normalized spacial score (nSPS) is 13.9. The van der Waals surface area contributed by atoms with E-state index in [-0.39, 0.29) is 24.0 Å². The third-order valence-corrected chi connectivity index (χ3v) is 3.24. The van der Waals surface area contributed by atoms with E-state index in [2.05, 4.69) is 36.4 Å².